The van der Waals surface area contributed by atoms with Crippen LogP contribution in [-0.2, 0) is 6.42 Å². The average molecular weight is 194 g/mol. The van der Waals surface area contributed by atoms with Crippen LogP contribution in [0.4, 0.5) is 0 Å². The van der Waals surface area contributed by atoms with E-state index in [1.54, 1.807) is 11.3 Å². The maximum Gasteiger partial charge on any atom is 0.0996 e. The molecule has 13 heavy (non-hydrogen) atoms. The molecule has 0 saturated carbocycles. The average Bonchev–Trinajstić information content (AvgIpc) is 2.74. The monoisotopic (exact) mass is 194 g/mol. The number of hydrogen-bond donors (Lipinski definition) is 1. The van der Waals surface area contributed by atoms with Crippen LogP contribution in [0.1, 0.15) is 12.5 Å². The molecular weight excluding hydrogens is 180 g/mol. The minimum Gasteiger partial charge on any atom is -0.372 e. The van der Waals surface area contributed by atoms with Gasteiger partial charge in [-0.25, -0.2) is 0 Å². The zero-order valence-corrected chi connectivity index (χ0v) is 8.60. The van der Waals surface area contributed by atoms with Crippen LogP contribution in [0.2, 0.25) is 0 Å². The number of nitrogens with zero attached hydrogens (tertiary/aromatic N) is 1. The van der Waals surface area contributed by atoms with E-state index in [-0.39, 0.29) is 0 Å². The van der Waals surface area contributed by atoms with Crippen LogP contribution in [-0.4, -0.2) is 18.9 Å². The van der Waals surface area contributed by atoms with E-state index in [0.717, 1.165) is 19.5 Å². The Balaban J connectivity index is 1.95. The van der Waals surface area contributed by atoms with Gasteiger partial charge >= 0.3 is 0 Å². The van der Waals surface area contributed by atoms with Gasteiger partial charge in [-0.05, 0) is 28.8 Å². The van der Waals surface area contributed by atoms with E-state index in [1.807, 2.05) is 0 Å². The topological polar surface area (TPSA) is 24.4 Å². The minimum atomic E-state index is 0.539. The van der Waals surface area contributed by atoms with Crippen molar-refractivity contribution in [3.63, 3.8) is 0 Å². The van der Waals surface area contributed by atoms with Crippen LogP contribution in [0, 0.1) is 5.92 Å². The molecule has 1 aromatic heterocycles. The van der Waals surface area contributed by atoms with Gasteiger partial charge in [-0.1, -0.05) is 6.92 Å². The van der Waals surface area contributed by atoms with Crippen molar-refractivity contribution in [2.75, 3.05) is 13.1 Å². The lowest BCUT2D eigenvalue weighted by Crippen LogP contribution is -2.26. The lowest BCUT2D eigenvalue weighted by atomic mass is 10.0. The number of thiophene rings is 1. The van der Waals surface area contributed by atoms with Crippen LogP contribution < -0.4 is 5.32 Å². The second-order valence-electron chi connectivity index (χ2n) is 3.43. The van der Waals surface area contributed by atoms with Crippen LogP contribution in [0.3, 0.4) is 0 Å². The summed E-state index contributed by atoms with van der Waals surface area (Å²) in [5.41, 5.74) is 1.42. The zero-order valence-electron chi connectivity index (χ0n) is 7.79. The summed E-state index contributed by atoms with van der Waals surface area (Å²) in [6, 6.07) is 2.19. The predicted molar refractivity (Wildman–Crippen MR) is 57.5 cm³/mol. The van der Waals surface area contributed by atoms with Crippen molar-refractivity contribution in [1.29, 1.82) is 0 Å². The van der Waals surface area contributed by atoms with E-state index in [2.05, 4.69) is 34.1 Å². The molecule has 0 radical (unpaired) electrons. The first-order chi connectivity index (χ1) is 6.36. The molecule has 0 fully saturated rings. The van der Waals surface area contributed by atoms with Crippen molar-refractivity contribution < 1.29 is 0 Å². The molecule has 3 heteroatoms. The van der Waals surface area contributed by atoms with Crippen molar-refractivity contribution in [3.8, 4) is 0 Å². The summed E-state index contributed by atoms with van der Waals surface area (Å²) in [7, 11) is 0. The third-order valence-corrected chi connectivity index (χ3v) is 3.02. The summed E-state index contributed by atoms with van der Waals surface area (Å²) in [5.74, 6) is 1.73. The third kappa shape index (κ3) is 2.10. The number of rotatable bonds is 3. The molecule has 2 nitrogen and oxygen atoms in total. The van der Waals surface area contributed by atoms with Gasteiger partial charge in [-0.15, -0.1) is 0 Å². The zero-order chi connectivity index (χ0) is 9.10. The van der Waals surface area contributed by atoms with Gasteiger partial charge in [-0.3, -0.25) is 4.99 Å². The predicted octanol–water partition coefficient (Wildman–Crippen LogP) is 1.93. The number of nitrogens with one attached hydrogen (secondary N) is 1. The van der Waals surface area contributed by atoms with Crippen molar-refractivity contribution in [2.24, 2.45) is 10.9 Å². The van der Waals surface area contributed by atoms with E-state index in [1.165, 1.54) is 11.4 Å². The van der Waals surface area contributed by atoms with E-state index in [4.69, 9.17) is 0 Å². The van der Waals surface area contributed by atoms with Gasteiger partial charge < -0.3 is 5.32 Å². The third-order valence-electron chi connectivity index (χ3n) is 2.29. The van der Waals surface area contributed by atoms with Crippen molar-refractivity contribution in [3.05, 3.63) is 22.4 Å². The Bertz CT molecular complexity index is 290. The number of aliphatic imine (C=N–C) groups is 1. The van der Waals surface area contributed by atoms with Crippen molar-refractivity contribution >= 4 is 17.2 Å². The molecule has 0 amide bonds. The van der Waals surface area contributed by atoms with E-state index in [0.29, 0.717) is 5.92 Å². The summed E-state index contributed by atoms with van der Waals surface area (Å²) in [5, 5.41) is 7.67. The summed E-state index contributed by atoms with van der Waals surface area (Å²) in [6.07, 6.45) is 1.11. The van der Waals surface area contributed by atoms with Gasteiger partial charge in [-0.2, -0.15) is 11.3 Å². The maximum atomic E-state index is 4.43. The summed E-state index contributed by atoms with van der Waals surface area (Å²) in [4.78, 5) is 4.43. The Morgan fingerprint density at radius 3 is 3.23 bits per heavy atom. The quantitative estimate of drug-likeness (QED) is 0.781. The van der Waals surface area contributed by atoms with Gasteiger partial charge in [0.25, 0.3) is 0 Å². The first-order valence-corrected chi connectivity index (χ1v) is 5.60. The molecule has 2 rings (SSSR count). The highest BCUT2D eigenvalue weighted by molar-refractivity contribution is 7.07. The number of amidine groups is 1. The normalized spacial score (nSPS) is 18.1. The molecule has 1 aromatic rings. The van der Waals surface area contributed by atoms with E-state index in [9.17, 15) is 0 Å². The Morgan fingerprint density at radius 2 is 2.62 bits per heavy atom. The molecular formula is C10H14N2S. The molecule has 0 saturated heterocycles. The molecule has 1 N–H and O–H groups in total. The molecule has 0 aromatic carbocycles. The number of hydrogen-bond acceptors (Lipinski definition) is 3. The summed E-state index contributed by atoms with van der Waals surface area (Å²) >= 11 is 1.76. The van der Waals surface area contributed by atoms with E-state index < -0.39 is 0 Å². The van der Waals surface area contributed by atoms with Gasteiger partial charge in [0, 0.05) is 12.5 Å². The van der Waals surface area contributed by atoms with Crippen LogP contribution in [0.15, 0.2) is 21.8 Å². The molecule has 1 aliphatic rings. The minimum absolute atomic E-state index is 0.539. The highest BCUT2D eigenvalue weighted by Gasteiger charge is 2.13. The van der Waals surface area contributed by atoms with Gasteiger partial charge in [0.15, 0.2) is 0 Å². The fourth-order valence-corrected chi connectivity index (χ4v) is 2.29. The maximum absolute atomic E-state index is 4.43. The van der Waals surface area contributed by atoms with Gasteiger partial charge in [0.1, 0.15) is 0 Å². The van der Waals surface area contributed by atoms with Crippen LogP contribution in [0.25, 0.3) is 0 Å². The van der Waals surface area contributed by atoms with Gasteiger partial charge in [0.2, 0.25) is 0 Å². The molecule has 1 atom stereocenters. The van der Waals surface area contributed by atoms with Crippen LogP contribution in [0.5, 0.6) is 0 Å². The molecule has 70 valence electrons. The molecule has 1 aliphatic heterocycles. The Hall–Kier alpha value is -0.830. The highest BCUT2D eigenvalue weighted by Crippen LogP contribution is 2.13. The smallest absolute Gasteiger partial charge is 0.0996 e. The van der Waals surface area contributed by atoms with E-state index >= 15 is 0 Å². The Morgan fingerprint density at radius 1 is 1.69 bits per heavy atom. The second kappa shape index (κ2) is 3.92. The van der Waals surface area contributed by atoms with Crippen molar-refractivity contribution in [1.82, 2.24) is 5.32 Å². The molecule has 0 bridgehead atoms. The lowest BCUT2D eigenvalue weighted by Gasteiger charge is -2.10. The fourth-order valence-electron chi connectivity index (χ4n) is 1.61. The summed E-state index contributed by atoms with van der Waals surface area (Å²) < 4.78 is 0. The van der Waals surface area contributed by atoms with Crippen molar-refractivity contribution in [2.45, 2.75) is 13.3 Å². The first-order valence-electron chi connectivity index (χ1n) is 4.65. The first kappa shape index (κ1) is 8.75. The Kier molecular flexibility index (Phi) is 2.64. The standard InChI is InChI=1S/C10H14N2S/c1-8(10-11-3-4-12-10)6-9-2-5-13-7-9/h2,5,7-8H,3-4,6H2,1H3,(H,11,12)/t8-/m0/s1. The fraction of sp³-hybridized carbons (Fsp3) is 0.500. The Labute approximate surface area is 82.7 Å². The lowest BCUT2D eigenvalue weighted by molar-refractivity contribution is 0.745. The molecule has 0 spiro atoms. The largest absolute Gasteiger partial charge is 0.372 e. The molecule has 2 heterocycles. The molecule has 0 aliphatic carbocycles. The second-order valence-corrected chi connectivity index (χ2v) is 4.21. The molecule has 0 unspecified atom stereocenters. The highest BCUT2D eigenvalue weighted by atomic mass is 32.1. The SMILES string of the molecule is C[C@@H](Cc1ccsc1)C1=NCCN1. The summed E-state index contributed by atoms with van der Waals surface area (Å²) in [6.45, 7) is 4.20. The van der Waals surface area contributed by atoms with Crippen LogP contribution >= 0.6 is 11.3 Å². The van der Waals surface area contributed by atoms with Gasteiger partial charge in [0.05, 0.1) is 12.4 Å².